The number of hydrogen-bond donors (Lipinski definition) is 2. The third-order valence-electron chi connectivity index (χ3n) is 4.60. The van der Waals surface area contributed by atoms with Crippen molar-refractivity contribution in [1.82, 2.24) is 15.5 Å². The summed E-state index contributed by atoms with van der Waals surface area (Å²) in [6, 6.07) is 5.88. The molecule has 1 amide bonds. The predicted molar refractivity (Wildman–Crippen MR) is 126 cm³/mol. The lowest BCUT2D eigenvalue weighted by Crippen LogP contribution is -2.41. The number of aliphatic imine (C=N–C) groups is 1. The first-order valence-corrected chi connectivity index (χ1v) is 10.5. The van der Waals surface area contributed by atoms with Gasteiger partial charge in [-0.15, -0.1) is 35.3 Å². The van der Waals surface area contributed by atoms with Gasteiger partial charge in [0.15, 0.2) is 5.96 Å². The highest BCUT2D eigenvalue weighted by Crippen LogP contribution is 2.24. The van der Waals surface area contributed by atoms with E-state index in [2.05, 4.69) is 27.1 Å². The molecule has 0 spiro atoms. The van der Waals surface area contributed by atoms with E-state index in [1.807, 2.05) is 17.0 Å². The van der Waals surface area contributed by atoms with Gasteiger partial charge in [0.05, 0.1) is 6.26 Å². The summed E-state index contributed by atoms with van der Waals surface area (Å²) in [5, 5.41) is 8.55. The van der Waals surface area contributed by atoms with Gasteiger partial charge in [0.25, 0.3) is 0 Å². The fourth-order valence-electron chi connectivity index (χ4n) is 3.08. The lowest BCUT2D eigenvalue weighted by molar-refractivity contribution is -0.131. The molecule has 29 heavy (non-hydrogen) atoms. The monoisotopic (exact) mass is 532 g/mol. The highest BCUT2D eigenvalue weighted by atomic mass is 127. The Kier molecular flexibility index (Phi) is 10.5. The fourth-order valence-corrected chi connectivity index (χ4v) is 3.97. The van der Waals surface area contributed by atoms with Crippen molar-refractivity contribution in [1.29, 1.82) is 0 Å². The normalized spacial score (nSPS) is 13.6. The Labute approximate surface area is 192 Å². The third-order valence-corrected chi connectivity index (χ3v) is 5.62. The summed E-state index contributed by atoms with van der Waals surface area (Å²) in [6.45, 7) is 4.01. The van der Waals surface area contributed by atoms with E-state index < -0.39 is 0 Å². The summed E-state index contributed by atoms with van der Waals surface area (Å²) in [7, 11) is 1.73. The molecule has 3 rings (SSSR count). The highest BCUT2D eigenvalue weighted by molar-refractivity contribution is 14.0. The molecule has 7 nitrogen and oxygen atoms in total. The molecule has 0 unspecified atom stereocenters. The summed E-state index contributed by atoms with van der Waals surface area (Å²) in [4.78, 5) is 20.0. The van der Waals surface area contributed by atoms with Crippen LogP contribution in [0.15, 0.2) is 39.3 Å². The molecule has 0 radical (unpaired) electrons. The number of carbonyl (C=O) groups is 1. The van der Waals surface area contributed by atoms with E-state index in [9.17, 15) is 4.79 Å². The third kappa shape index (κ3) is 7.63. The van der Waals surface area contributed by atoms with Crippen LogP contribution in [0.5, 0.6) is 0 Å². The van der Waals surface area contributed by atoms with Gasteiger partial charge in [0, 0.05) is 51.1 Å². The summed E-state index contributed by atoms with van der Waals surface area (Å²) in [5.41, 5.74) is 1.30. The molecule has 9 heteroatoms. The van der Waals surface area contributed by atoms with Gasteiger partial charge >= 0.3 is 0 Å². The first-order chi connectivity index (χ1) is 13.8. The number of nitrogens with zero attached hydrogens (tertiary/aromatic N) is 2. The minimum atomic E-state index is 0. The molecule has 0 fully saturated rings. The molecule has 2 N–H and O–H groups in total. The molecular formula is C20H29IN4O3S. The van der Waals surface area contributed by atoms with Crippen LogP contribution in [-0.2, 0) is 29.1 Å². The van der Waals surface area contributed by atoms with Crippen LogP contribution in [0.3, 0.4) is 0 Å². The van der Waals surface area contributed by atoms with Crippen LogP contribution in [0.1, 0.15) is 29.0 Å². The zero-order valence-electron chi connectivity index (χ0n) is 16.7. The Morgan fingerprint density at radius 3 is 3.00 bits per heavy atom. The number of fused-ring (bicyclic) bond motifs is 1. The van der Waals surface area contributed by atoms with Gasteiger partial charge in [-0.25, -0.2) is 0 Å². The average molecular weight is 532 g/mol. The van der Waals surface area contributed by atoms with Crippen LogP contribution < -0.4 is 10.6 Å². The van der Waals surface area contributed by atoms with Crippen LogP contribution in [0.2, 0.25) is 0 Å². The second kappa shape index (κ2) is 12.9. The quantitative estimate of drug-likeness (QED) is 0.225. The van der Waals surface area contributed by atoms with E-state index in [1.54, 1.807) is 24.6 Å². The SMILES string of the molecule is CN=C(NCCCOCc1ccco1)NCCC(=O)N1CCc2sccc2C1.I. The average Bonchev–Trinajstić information content (AvgIpc) is 3.40. The minimum Gasteiger partial charge on any atom is -0.467 e. The number of amides is 1. The molecule has 0 saturated carbocycles. The number of furan rings is 1. The van der Waals surface area contributed by atoms with E-state index in [-0.39, 0.29) is 29.9 Å². The van der Waals surface area contributed by atoms with Crippen molar-refractivity contribution in [3.8, 4) is 0 Å². The topological polar surface area (TPSA) is 79.1 Å². The van der Waals surface area contributed by atoms with Crippen LogP contribution in [0.25, 0.3) is 0 Å². The van der Waals surface area contributed by atoms with E-state index in [0.29, 0.717) is 32.1 Å². The summed E-state index contributed by atoms with van der Waals surface area (Å²) >= 11 is 1.79. The van der Waals surface area contributed by atoms with Gasteiger partial charge in [-0.2, -0.15) is 0 Å². The molecule has 1 aliphatic heterocycles. The molecule has 0 atom stereocenters. The van der Waals surface area contributed by atoms with E-state index >= 15 is 0 Å². The minimum absolute atomic E-state index is 0. The summed E-state index contributed by atoms with van der Waals surface area (Å²) in [6.07, 6.45) is 3.94. The number of hydrogen-bond acceptors (Lipinski definition) is 5. The summed E-state index contributed by atoms with van der Waals surface area (Å²) in [5.74, 6) is 1.72. The Hall–Kier alpha value is -1.59. The van der Waals surface area contributed by atoms with E-state index in [4.69, 9.17) is 9.15 Å². The molecule has 3 heterocycles. The van der Waals surface area contributed by atoms with Gasteiger partial charge in [-0.05, 0) is 42.0 Å². The molecule has 1 aliphatic rings. The van der Waals surface area contributed by atoms with Crippen molar-refractivity contribution < 1.29 is 13.9 Å². The van der Waals surface area contributed by atoms with Crippen molar-refractivity contribution >= 4 is 47.2 Å². The van der Waals surface area contributed by atoms with Crippen LogP contribution in [0.4, 0.5) is 0 Å². The Morgan fingerprint density at radius 2 is 2.21 bits per heavy atom. The van der Waals surface area contributed by atoms with Gasteiger partial charge in [0.1, 0.15) is 12.4 Å². The number of carbonyl (C=O) groups excluding carboxylic acids is 1. The van der Waals surface area contributed by atoms with Crippen molar-refractivity contribution in [2.24, 2.45) is 4.99 Å². The van der Waals surface area contributed by atoms with Crippen molar-refractivity contribution in [3.63, 3.8) is 0 Å². The largest absolute Gasteiger partial charge is 0.467 e. The Morgan fingerprint density at radius 1 is 1.34 bits per heavy atom. The number of guanidine groups is 1. The maximum absolute atomic E-state index is 12.4. The van der Waals surface area contributed by atoms with Gasteiger partial charge in [-0.1, -0.05) is 0 Å². The molecule has 2 aromatic heterocycles. The zero-order chi connectivity index (χ0) is 19.6. The molecule has 2 aromatic rings. The molecule has 160 valence electrons. The summed E-state index contributed by atoms with van der Waals surface area (Å²) < 4.78 is 10.8. The van der Waals surface area contributed by atoms with Crippen LogP contribution in [-0.4, -0.2) is 50.1 Å². The van der Waals surface area contributed by atoms with Crippen LogP contribution in [0, 0.1) is 0 Å². The smallest absolute Gasteiger partial charge is 0.224 e. The molecule has 0 saturated heterocycles. The maximum Gasteiger partial charge on any atom is 0.224 e. The van der Waals surface area contributed by atoms with Crippen LogP contribution >= 0.6 is 35.3 Å². The number of thiophene rings is 1. The number of nitrogens with one attached hydrogen (secondary N) is 2. The second-order valence-corrected chi connectivity index (χ2v) is 7.60. The fraction of sp³-hybridized carbons (Fsp3) is 0.500. The maximum atomic E-state index is 12.4. The lowest BCUT2D eigenvalue weighted by atomic mass is 10.1. The van der Waals surface area contributed by atoms with Gasteiger partial charge in [0.2, 0.25) is 5.91 Å². The first-order valence-electron chi connectivity index (χ1n) is 9.64. The Balaban J connectivity index is 0.00000300. The first kappa shape index (κ1) is 23.7. The zero-order valence-corrected chi connectivity index (χ0v) is 19.8. The Bertz CT molecular complexity index is 764. The van der Waals surface area contributed by atoms with Crippen molar-refractivity contribution in [2.45, 2.75) is 32.4 Å². The number of halogens is 1. The second-order valence-electron chi connectivity index (χ2n) is 6.60. The van der Waals surface area contributed by atoms with Gasteiger partial charge < -0.3 is 24.7 Å². The van der Waals surface area contributed by atoms with Crippen molar-refractivity contribution in [3.05, 3.63) is 46.0 Å². The molecule has 0 aliphatic carbocycles. The molecular weight excluding hydrogens is 503 g/mol. The number of rotatable bonds is 9. The number of ether oxygens (including phenoxy) is 1. The van der Waals surface area contributed by atoms with Gasteiger partial charge in [-0.3, -0.25) is 9.79 Å². The molecule has 0 bridgehead atoms. The van der Waals surface area contributed by atoms with E-state index in [1.165, 1.54) is 10.4 Å². The standard InChI is InChI=1S/C20H28N4O3S.HI/c1-21-20(22-8-3-11-26-15-17-4-2-12-27-17)23-9-5-19(25)24-10-6-18-16(14-24)7-13-28-18;/h2,4,7,12-13H,3,5-6,8-11,14-15H2,1H3,(H2,21,22,23);1H. The van der Waals surface area contributed by atoms with Crippen molar-refractivity contribution in [2.75, 3.05) is 33.3 Å². The predicted octanol–water partition coefficient (Wildman–Crippen LogP) is 3.01. The lowest BCUT2D eigenvalue weighted by Gasteiger charge is -2.27. The molecule has 0 aromatic carbocycles. The van der Waals surface area contributed by atoms with E-state index in [0.717, 1.165) is 38.2 Å². The highest BCUT2D eigenvalue weighted by Gasteiger charge is 2.20.